The highest BCUT2D eigenvalue weighted by Crippen LogP contribution is 2.26. The summed E-state index contributed by atoms with van der Waals surface area (Å²) in [7, 11) is 0. The maximum atomic E-state index is 13.1. The third kappa shape index (κ3) is 4.13. The molecule has 0 radical (unpaired) electrons. The molecule has 0 aliphatic carbocycles. The third-order valence-corrected chi connectivity index (χ3v) is 5.93. The number of benzene rings is 3. The van der Waals surface area contributed by atoms with Crippen molar-refractivity contribution in [2.45, 2.75) is 20.4 Å². The first-order chi connectivity index (χ1) is 16.6. The van der Waals surface area contributed by atoms with Crippen LogP contribution in [0.15, 0.2) is 95.9 Å². The predicted octanol–water partition coefficient (Wildman–Crippen LogP) is 5.74. The lowest BCUT2D eigenvalue weighted by Gasteiger charge is -2.11. The summed E-state index contributed by atoms with van der Waals surface area (Å²) in [4.78, 5) is 17.3. The Morgan fingerprint density at radius 3 is 2.41 bits per heavy atom. The molecule has 34 heavy (non-hydrogen) atoms. The van der Waals surface area contributed by atoms with Crippen LogP contribution in [-0.2, 0) is 6.54 Å². The Morgan fingerprint density at radius 1 is 0.912 bits per heavy atom. The van der Waals surface area contributed by atoms with Gasteiger partial charge in [-0.05, 0) is 42.7 Å². The van der Waals surface area contributed by atoms with E-state index in [1.165, 1.54) is 11.1 Å². The first-order valence-corrected chi connectivity index (χ1v) is 11.1. The summed E-state index contributed by atoms with van der Waals surface area (Å²) in [6.07, 6.45) is 3.22. The molecule has 168 valence electrons. The molecule has 0 aliphatic rings. The van der Waals surface area contributed by atoms with Crippen LogP contribution in [0.4, 0.5) is 0 Å². The van der Waals surface area contributed by atoms with Gasteiger partial charge in [-0.15, -0.1) is 0 Å². The molecule has 0 fully saturated rings. The van der Waals surface area contributed by atoms with E-state index in [2.05, 4.69) is 46.6 Å². The minimum Gasteiger partial charge on any atom is -0.361 e. The number of nitrogens with one attached hydrogen (secondary N) is 1. The summed E-state index contributed by atoms with van der Waals surface area (Å²) in [6, 6.07) is 26.2. The van der Waals surface area contributed by atoms with Gasteiger partial charge in [0, 0.05) is 23.4 Å². The Kier molecular flexibility index (Phi) is 5.79. The molecule has 0 aliphatic heterocycles. The number of carbonyl (C=O) groups is 1. The van der Waals surface area contributed by atoms with Gasteiger partial charge in [0.2, 0.25) is 0 Å². The molecule has 2 aromatic heterocycles. The Labute approximate surface area is 197 Å². The van der Waals surface area contributed by atoms with E-state index in [9.17, 15) is 4.79 Å². The molecule has 6 heteroatoms. The molecule has 1 N–H and O–H groups in total. The smallest absolute Gasteiger partial charge is 0.270 e. The molecule has 5 aromatic rings. The molecule has 0 bridgehead atoms. The SMILES string of the molecule is Cc1ccccc1-c1ccc(-n2cncc2C(=O)NCc2c(-c3ccccc3)noc2C)cc1. The molecular weight excluding hydrogens is 424 g/mol. The molecular formula is C28H24N4O2. The number of hydrogen-bond acceptors (Lipinski definition) is 4. The minimum atomic E-state index is -0.222. The highest BCUT2D eigenvalue weighted by molar-refractivity contribution is 5.93. The number of hydrogen-bond donors (Lipinski definition) is 1. The molecule has 0 saturated carbocycles. The Bertz CT molecular complexity index is 1430. The molecule has 2 heterocycles. The van der Waals surface area contributed by atoms with Gasteiger partial charge in [-0.1, -0.05) is 71.9 Å². The van der Waals surface area contributed by atoms with Crippen molar-refractivity contribution in [2.24, 2.45) is 0 Å². The second kappa shape index (κ2) is 9.19. The van der Waals surface area contributed by atoms with Crippen LogP contribution in [0, 0.1) is 13.8 Å². The quantitative estimate of drug-likeness (QED) is 0.359. The fraction of sp³-hybridized carbons (Fsp3) is 0.107. The first-order valence-electron chi connectivity index (χ1n) is 11.1. The topological polar surface area (TPSA) is 73.0 Å². The molecule has 0 saturated heterocycles. The van der Waals surface area contributed by atoms with Gasteiger partial charge in [0.05, 0.1) is 12.5 Å². The van der Waals surface area contributed by atoms with Gasteiger partial charge >= 0.3 is 0 Å². The van der Waals surface area contributed by atoms with Crippen LogP contribution in [0.3, 0.4) is 0 Å². The molecule has 5 rings (SSSR count). The molecule has 3 aromatic carbocycles. The lowest BCUT2D eigenvalue weighted by molar-refractivity contribution is 0.0944. The zero-order chi connectivity index (χ0) is 23.5. The monoisotopic (exact) mass is 448 g/mol. The van der Waals surface area contributed by atoms with E-state index in [1.807, 2.05) is 61.5 Å². The molecule has 0 atom stereocenters. The summed E-state index contributed by atoms with van der Waals surface area (Å²) in [5, 5.41) is 7.18. The lowest BCUT2D eigenvalue weighted by Crippen LogP contribution is -2.25. The van der Waals surface area contributed by atoms with Crippen molar-refractivity contribution in [1.82, 2.24) is 20.0 Å². The summed E-state index contributed by atoms with van der Waals surface area (Å²) < 4.78 is 7.19. The van der Waals surface area contributed by atoms with Crippen LogP contribution in [0.25, 0.3) is 28.1 Å². The van der Waals surface area contributed by atoms with Gasteiger partial charge < -0.3 is 9.84 Å². The van der Waals surface area contributed by atoms with Gasteiger partial charge in [0.1, 0.15) is 17.1 Å². The Morgan fingerprint density at radius 2 is 1.65 bits per heavy atom. The fourth-order valence-electron chi connectivity index (χ4n) is 4.05. The Hall–Kier alpha value is -4.45. The normalized spacial score (nSPS) is 10.9. The minimum absolute atomic E-state index is 0.222. The van der Waals surface area contributed by atoms with Crippen molar-refractivity contribution >= 4 is 5.91 Å². The molecule has 0 spiro atoms. The zero-order valence-electron chi connectivity index (χ0n) is 19.0. The van der Waals surface area contributed by atoms with Crippen molar-refractivity contribution in [3.8, 4) is 28.1 Å². The van der Waals surface area contributed by atoms with E-state index >= 15 is 0 Å². The van der Waals surface area contributed by atoms with Crippen LogP contribution in [0.1, 0.15) is 27.4 Å². The van der Waals surface area contributed by atoms with Gasteiger partial charge in [0.15, 0.2) is 0 Å². The third-order valence-electron chi connectivity index (χ3n) is 5.93. The van der Waals surface area contributed by atoms with Crippen LogP contribution >= 0.6 is 0 Å². The Balaban J connectivity index is 1.35. The van der Waals surface area contributed by atoms with Crippen LogP contribution < -0.4 is 5.32 Å². The maximum absolute atomic E-state index is 13.1. The number of aryl methyl sites for hydroxylation is 2. The van der Waals surface area contributed by atoms with E-state index < -0.39 is 0 Å². The van der Waals surface area contributed by atoms with Crippen molar-refractivity contribution in [1.29, 1.82) is 0 Å². The zero-order valence-corrected chi connectivity index (χ0v) is 19.0. The van der Waals surface area contributed by atoms with Gasteiger partial charge in [-0.3, -0.25) is 9.36 Å². The summed E-state index contributed by atoms with van der Waals surface area (Å²) >= 11 is 0. The van der Waals surface area contributed by atoms with Crippen molar-refractivity contribution in [3.05, 3.63) is 114 Å². The first kappa shape index (κ1) is 21.4. The second-order valence-electron chi connectivity index (χ2n) is 8.13. The number of amides is 1. The van der Waals surface area contributed by atoms with Crippen LogP contribution in [-0.4, -0.2) is 20.6 Å². The number of rotatable bonds is 6. The lowest BCUT2D eigenvalue weighted by atomic mass is 10.0. The van der Waals surface area contributed by atoms with Gasteiger partial charge in [-0.25, -0.2) is 4.98 Å². The number of imidazole rings is 1. The summed E-state index contributed by atoms with van der Waals surface area (Å²) in [5.41, 5.74) is 7.40. The van der Waals surface area contributed by atoms with Gasteiger partial charge in [-0.2, -0.15) is 0 Å². The van der Waals surface area contributed by atoms with E-state index in [4.69, 9.17) is 4.52 Å². The number of aromatic nitrogens is 3. The highest BCUT2D eigenvalue weighted by Gasteiger charge is 2.18. The second-order valence-corrected chi connectivity index (χ2v) is 8.13. The van der Waals surface area contributed by atoms with Crippen molar-refractivity contribution < 1.29 is 9.32 Å². The van der Waals surface area contributed by atoms with Crippen LogP contribution in [0.2, 0.25) is 0 Å². The molecule has 0 unspecified atom stereocenters. The van der Waals surface area contributed by atoms with Crippen molar-refractivity contribution in [2.75, 3.05) is 0 Å². The largest absolute Gasteiger partial charge is 0.361 e. The highest BCUT2D eigenvalue weighted by atomic mass is 16.5. The average molecular weight is 449 g/mol. The van der Waals surface area contributed by atoms with E-state index in [-0.39, 0.29) is 5.91 Å². The summed E-state index contributed by atoms with van der Waals surface area (Å²) in [6.45, 7) is 4.25. The standard InChI is InChI=1S/C28H24N4O2/c1-19-8-6-7-11-24(19)21-12-14-23(15-13-21)32-18-29-17-26(32)28(33)30-16-25-20(2)34-31-27(25)22-9-4-3-5-10-22/h3-15,17-18H,16H2,1-2H3,(H,30,33). The molecule has 6 nitrogen and oxygen atoms in total. The number of nitrogens with zero attached hydrogens (tertiary/aromatic N) is 3. The van der Waals surface area contributed by atoms with E-state index in [0.29, 0.717) is 18.0 Å². The van der Waals surface area contributed by atoms with Crippen molar-refractivity contribution in [3.63, 3.8) is 0 Å². The summed E-state index contributed by atoms with van der Waals surface area (Å²) in [5.74, 6) is 0.458. The average Bonchev–Trinajstić information content (AvgIpc) is 3.51. The van der Waals surface area contributed by atoms with E-state index in [1.54, 1.807) is 17.1 Å². The van der Waals surface area contributed by atoms with E-state index in [0.717, 1.165) is 28.1 Å². The predicted molar refractivity (Wildman–Crippen MR) is 132 cm³/mol. The fourth-order valence-corrected chi connectivity index (χ4v) is 4.05. The van der Waals surface area contributed by atoms with Crippen LogP contribution in [0.5, 0.6) is 0 Å². The number of carbonyl (C=O) groups excluding carboxylic acids is 1. The maximum Gasteiger partial charge on any atom is 0.270 e. The molecule has 1 amide bonds. The van der Waals surface area contributed by atoms with Gasteiger partial charge in [0.25, 0.3) is 5.91 Å².